The number of carbonyl (C=O) groups excluding carboxylic acids is 3. The van der Waals surface area contributed by atoms with Gasteiger partial charge in [0.25, 0.3) is 5.91 Å². The van der Waals surface area contributed by atoms with Crippen LogP contribution in [0.1, 0.15) is 61.7 Å². The van der Waals surface area contributed by atoms with Crippen molar-refractivity contribution in [3.63, 3.8) is 0 Å². The minimum absolute atomic E-state index is 0.114. The van der Waals surface area contributed by atoms with Crippen molar-refractivity contribution in [2.75, 3.05) is 18.5 Å². The molecule has 0 radical (unpaired) electrons. The first-order chi connectivity index (χ1) is 13.6. The van der Waals surface area contributed by atoms with E-state index in [-0.39, 0.29) is 44.3 Å². The van der Waals surface area contributed by atoms with Gasteiger partial charge in [0.1, 0.15) is 14.8 Å². The van der Waals surface area contributed by atoms with Gasteiger partial charge in [-0.25, -0.2) is 9.59 Å². The monoisotopic (exact) mass is 440 g/mol. The minimum atomic E-state index is -0.641. The van der Waals surface area contributed by atoms with Crippen LogP contribution in [0, 0.1) is 19.8 Å². The van der Waals surface area contributed by atoms with Gasteiger partial charge in [-0.2, -0.15) is 0 Å². The topological polar surface area (TPSA) is 104 Å². The Morgan fingerprint density at radius 2 is 1.72 bits per heavy atom. The Hall–Kier alpha value is -2.46. The molecule has 0 aliphatic carbocycles. The lowest BCUT2D eigenvalue weighted by Crippen LogP contribution is -2.15. The third-order valence-corrected chi connectivity index (χ3v) is 6.41. The van der Waals surface area contributed by atoms with E-state index in [0.29, 0.717) is 11.3 Å². The summed E-state index contributed by atoms with van der Waals surface area (Å²) in [6, 6.07) is 0. The van der Waals surface area contributed by atoms with Gasteiger partial charge >= 0.3 is 16.8 Å². The number of hydrogen-bond donors (Lipinski definition) is 1. The molecule has 8 nitrogen and oxygen atoms in total. The van der Waals surface area contributed by atoms with E-state index in [1.54, 1.807) is 27.8 Å². The molecule has 0 unspecified atom stereocenters. The summed E-state index contributed by atoms with van der Waals surface area (Å²) >= 11 is 1.77. The molecule has 2 heterocycles. The zero-order chi connectivity index (χ0) is 21.9. The number of amides is 1. The van der Waals surface area contributed by atoms with Crippen molar-refractivity contribution in [2.24, 2.45) is 13.0 Å². The fraction of sp³-hybridized carbons (Fsp3) is 0.474. The van der Waals surface area contributed by atoms with Gasteiger partial charge in [-0.3, -0.25) is 9.59 Å². The molecule has 2 aromatic rings. The molecular weight excluding hydrogens is 416 g/mol. The Labute approximate surface area is 176 Å². The Balaban J connectivity index is 2.43. The third kappa shape index (κ3) is 4.94. The quantitative estimate of drug-likeness (QED) is 0.662. The molecule has 2 aromatic heterocycles. The van der Waals surface area contributed by atoms with Gasteiger partial charge in [-0.15, -0.1) is 11.3 Å². The first kappa shape index (κ1) is 22.8. The Kier molecular flexibility index (Phi) is 7.37. The van der Waals surface area contributed by atoms with E-state index in [4.69, 9.17) is 9.47 Å². The maximum Gasteiger partial charge on any atom is 0.348 e. The van der Waals surface area contributed by atoms with Crippen molar-refractivity contribution >= 4 is 45.5 Å². The molecular formula is C19H24N2O6S2. The minimum Gasteiger partial charge on any atom is -0.462 e. The first-order valence-corrected chi connectivity index (χ1v) is 10.7. The predicted molar refractivity (Wildman–Crippen MR) is 112 cm³/mol. The summed E-state index contributed by atoms with van der Waals surface area (Å²) in [5.41, 5.74) is 1.01. The van der Waals surface area contributed by atoms with Crippen LogP contribution in [0.15, 0.2) is 4.79 Å². The fourth-order valence-corrected chi connectivity index (χ4v) is 4.40. The van der Waals surface area contributed by atoms with E-state index in [1.807, 2.05) is 13.8 Å². The van der Waals surface area contributed by atoms with E-state index in [9.17, 15) is 19.2 Å². The maximum atomic E-state index is 12.7. The van der Waals surface area contributed by atoms with Gasteiger partial charge in [0.2, 0.25) is 0 Å². The van der Waals surface area contributed by atoms with Crippen LogP contribution in [-0.2, 0) is 16.5 Å². The van der Waals surface area contributed by atoms with E-state index < -0.39 is 17.8 Å². The summed E-state index contributed by atoms with van der Waals surface area (Å²) in [5.74, 6) is -1.57. The smallest absolute Gasteiger partial charge is 0.348 e. The fourth-order valence-electron chi connectivity index (χ4n) is 2.44. The number of esters is 2. The molecule has 0 spiro atoms. The molecule has 10 heteroatoms. The maximum absolute atomic E-state index is 12.7. The Bertz CT molecular complexity index is 999. The molecule has 29 heavy (non-hydrogen) atoms. The standard InChI is InChI=1S/C19H24N2O6S2/c1-7-26-17(23)12-10(4)13(18(24)27-8-9(2)3)28-16(12)20-15(22)14-11(5)21(6)19(25)29-14/h9H,7-8H2,1-6H3,(H,20,22). The summed E-state index contributed by atoms with van der Waals surface area (Å²) in [5, 5.41) is 2.84. The number of thiazole rings is 1. The van der Waals surface area contributed by atoms with Crippen molar-refractivity contribution in [1.29, 1.82) is 0 Å². The summed E-state index contributed by atoms with van der Waals surface area (Å²) in [4.78, 5) is 49.7. The van der Waals surface area contributed by atoms with Crippen LogP contribution < -0.4 is 10.2 Å². The molecule has 0 aliphatic rings. The number of aromatic nitrogens is 1. The number of hydrogen-bond acceptors (Lipinski definition) is 8. The van der Waals surface area contributed by atoms with Crippen LogP contribution in [-0.4, -0.2) is 35.6 Å². The number of nitrogens with one attached hydrogen (secondary N) is 1. The van der Waals surface area contributed by atoms with Gasteiger partial charge in [-0.1, -0.05) is 25.2 Å². The van der Waals surface area contributed by atoms with E-state index in [2.05, 4.69) is 5.32 Å². The summed E-state index contributed by atoms with van der Waals surface area (Å²) in [6.07, 6.45) is 0. The lowest BCUT2D eigenvalue weighted by Gasteiger charge is -2.07. The zero-order valence-electron chi connectivity index (χ0n) is 17.2. The summed E-state index contributed by atoms with van der Waals surface area (Å²) in [6.45, 7) is 9.15. The van der Waals surface area contributed by atoms with Gasteiger partial charge in [0.05, 0.1) is 18.8 Å². The number of ether oxygens (including phenoxy) is 2. The molecule has 2 rings (SSSR count). The molecule has 0 fully saturated rings. The molecule has 0 saturated carbocycles. The average molecular weight is 441 g/mol. The highest BCUT2D eigenvalue weighted by atomic mass is 32.1. The predicted octanol–water partition coefficient (Wildman–Crippen LogP) is 3.37. The van der Waals surface area contributed by atoms with Crippen LogP contribution in [0.25, 0.3) is 0 Å². The molecule has 1 N–H and O–H groups in total. The van der Waals surface area contributed by atoms with Crippen LogP contribution in [0.3, 0.4) is 0 Å². The molecule has 158 valence electrons. The first-order valence-electron chi connectivity index (χ1n) is 9.03. The normalized spacial score (nSPS) is 10.9. The van der Waals surface area contributed by atoms with Gasteiger partial charge < -0.3 is 19.4 Å². The largest absolute Gasteiger partial charge is 0.462 e. The second-order valence-electron chi connectivity index (χ2n) is 6.77. The Morgan fingerprint density at radius 1 is 1.07 bits per heavy atom. The molecule has 0 bridgehead atoms. The number of anilines is 1. The van der Waals surface area contributed by atoms with Gasteiger partial charge in [-0.05, 0) is 32.3 Å². The van der Waals surface area contributed by atoms with E-state index >= 15 is 0 Å². The molecule has 0 saturated heterocycles. The summed E-state index contributed by atoms with van der Waals surface area (Å²) in [7, 11) is 1.58. The van der Waals surface area contributed by atoms with Crippen LogP contribution in [0.4, 0.5) is 5.00 Å². The molecule has 0 atom stereocenters. The van der Waals surface area contributed by atoms with Gasteiger partial charge in [0, 0.05) is 12.7 Å². The van der Waals surface area contributed by atoms with Crippen molar-refractivity contribution in [3.05, 3.63) is 36.2 Å². The van der Waals surface area contributed by atoms with Crippen LogP contribution in [0.5, 0.6) is 0 Å². The van der Waals surface area contributed by atoms with Crippen molar-refractivity contribution in [3.8, 4) is 0 Å². The van der Waals surface area contributed by atoms with Crippen molar-refractivity contribution in [1.82, 2.24) is 4.57 Å². The van der Waals surface area contributed by atoms with E-state index in [0.717, 1.165) is 22.7 Å². The highest BCUT2D eigenvalue weighted by Gasteiger charge is 2.28. The number of nitrogens with zero attached hydrogens (tertiary/aromatic N) is 1. The molecule has 1 amide bonds. The highest BCUT2D eigenvalue weighted by molar-refractivity contribution is 7.19. The highest BCUT2D eigenvalue weighted by Crippen LogP contribution is 2.35. The average Bonchev–Trinajstić information content (AvgIpc) is 3.11. The molecule has 0 aliphatic heterocycles. The third-order valence-electron chi connectivity index (χ3n) is 4.09. The molecule has 0 aromatic carbocycles. The summed E-state index contributed by atoms with van der Waals surface area (Å²) < 4.78 is 11.7. The SMILES string of the molecule is CCOC(=O)c1c(NC(=O)c2sc(=O)n(C)c2C)sc(C(=O)OCC(C)C)c1C. The van der Waals surface area contributed by atoms with E-state index in [1.165, 1.54) is 4.57 Å². The van der Waals surface area contributed by atoms with Crippen molar-refractivity contribution < 1.29 is 23.9 Å². The lowest BCUT2D eigenvalue weighted by atomic mass is 10.1. The number of rotatable bonds is 7. The zero-order valence-corrected chi connectivity index (χ0v) is 18.8. The second-order valence-corrected chi connectivity index (χ2v) is 8.75. The van der Waals surface area contributed by atoms with Crippen molar-refractivity contribution in [2.45, 2.75) is 34.6 Å². The van der Waals surface area contributed by atoms with Gasteiger partial charge in [0.15, 0.2) is 0 Å². The Morgan fingerprint density at radius 3 is 2.24 bits per heavy atom. The second kappa shape index (κ2) is 9.36. The lowest BCUT2D eigenvalue weighted by molar-refractivity contribution is 0.0464. The van der Waals surface area contributed by atoms with Crippen LogP contribution >= 0.6 is 22.7 Å². The number of thiophene rings is 1. The van der Waals surface area contributed by atoms with Crippen LogP contribution in [0.2, 0.25) is 0 Å². The number of carbonyl (C=O) groups is 3.